The van der Waals surface area contributed by atoms with E-state index in [-0.39, 0.29) is 19.3 Å². The van der Waals surface area contributed by atoms with Crippen LogP contribution in [-0.4, -0.2) is 98.1 Å². The zero-order valence-electron chi connectivity index (χ0n) is 14.2. The molecule has 0 amide bonds. The first-order valence-corrected chi connectivity index (χ1v) is 9.64. The van der Waals surface area contributed by atoms with E-state index in [1.54, 1.807) is 0 Å². The molecule has 26 heavy (non-hydrogen) atoms. The van der Waals surface area contributed by atoms with Gasteiger partial charge in [-0.25, -0.2) is 4.18 Å². The average molecular weight is 404 g/mol. The molecule has 1 rings (SSSR count). The molecule has 0 saturated heterocycles. The molecule has 0 aromatic heterocycles. The van der Waals surface area contributed by atoms with E-state index >= 15 is 0 Å². The van der Waals surface area contributed by atoms with Crippen molar-refractivity contribution in [3.8, 4) is 0 Å². The second-order valence-electron chi connectivity index (χ2n) is 6.65. The minimum Gasteiger partial charge on any atom is -0.396 e. The fourth-order valence-electron chi connectivity index (χ4n) is 3.31. The molecule has 0 aromatic rings. The zero-order valence-corrected chi connectivity index (χ0v) is 15.1. The zero-order chi connectivity index (χ0) is 20.2. The highest BCUT2D eigenvalue weighted by Crippen LogP contribution is 2.36. The highest BCUT2D eigenvalue weighted by molar-refractivity contribution is 7.80. The topological polar surface area (TPSA) is 205 Å². The Bertz CT molecular complexity index is 527. The van der Waals surface area contributed by atoms with Crippen LogP contribution in [-0.2, 0) is 14.6 Å². The van der Waals surface area contributed by atoms with Gasteiger partial charge >= 0.3 is 10.4 Å². The Morgan fingerprint density at radius 2 is 1.65 bits per heavy atom. The molecule has 0 radical (unpaired) electrons. The van der Waals surface area contributed by atoms with Crippen molar-refractivity contribution < 1.29 is 52.9 Å². The predicted molar refractivity (Wildman–Crippen MR) is 86.1 cm³/mol. The Morgan fingerprint density at radius 1 is 1.08 bits per heavy atom. The summed E-state index contributed by atoms with van der Waals surface area (Å²) in [6, 6.07) is 0. The lowest BCUT2D eigenvalue weighted by molar-refractivity contribution is -0.129. The second-order valence-corrected chi connectivity index (χ2v) is 7.70. The van der Waals surface area contributed by atoms with Gasteiger partial charge in [0.05, 0.1) is 24.4 Å². The van der Waals surface area contributed by atoms with Crippen LogP contribution in [0.4, 0.5) is 0 Å². The van der Waals surface area contributed by atoms with E-state index in [0.717, 1.165) is 0 Å². The monoisotopic (exact) mass is 404 g/mol. The molecule has 0 spiro atoms. The Balaban J connectivity index is 2.95. The van der Waals surface area contributed by atoms with Gasteiger partial charge in [-0.2, -0.15) is 8.42 Å². The van der Waals surface area contributed by atoms with E-state index in [1.807, 2.05) is 0 Å². The largest absolute Gasteiger partial charge is 0.397 e. The first-order valence-electron chi connectivity index (χ1n) is 8.27. The number of aliphatic hydroxyl groups excluding tert-OH is 7. The number of rotatable bonds is 10. The fraction of sp³-hybridized carbons (Fsp3) is 1.00. The van der Waals surface area contributed by atoms with Crippen molar-refractivity contribution in [3.05, 3.63) is 0 Å². The first-order chi connectivity index (χ1) is 11.9. The van der Waals surface area contributed by atoms with Gasteiger partial charge in [0.25, 0.3) is 0 Å². The van der Waals surface area contributed by atoms with E-state index in [4.69, 9.17) is 4.55 Å². The van der Waals surface area contributed by atoms with Crippen LogP contribution < -0.4 is 0 Å². The van der Waals surface area contributed by atoms with Gasteiger partial charge in [-0.15, -0.1) is 0 Å². The molecular weight excluding hydrogens is 376 g/mol. The molecule has 1 fully saturated rings. The van der Waals surface area contributed by atoms with Gasteiger partial charge in [-0.1, -0.05) is 6.92 Å². The predicted octanol–water partition coefficient (Wildman–Crippen LogP) is -3.23. The average Bonchev–Trinajstić information content (AvgIpc) is 2.82. The van der Waals surface area contributed by atoms with Crippen LogP contribution in [0, 0.1) is 11.8 Å². The molecule has 11 nitrogen and oxygen atoms in total. The Hall–Kier alpha value is -0.410. The molecule has 0 bridgehead atoms. The SMILES string of the molecule is CCC(O)C(O)C(O)C(OS(=O)(=O)O)C(O)CC1CC(O)C(O)C1CO. The molecule has 8 N–H and O–H groups in total. The van der Waals surface area contributed by atoms with Crippen molar-refractivity contribution in [2.45, 2.75) is 68.9 Å². The maximum Gasteiger partial charge on any atom is 0.397 e. The molecule has 9 atom stereocenters. The minimum atomic E-state index is -5.11. The van der Waals surface area contributed by atoms with Gasteiger partial charge in [0.1, 0.15) is 18.3 Å². The van der Waals surface area contributed by atoms with Crippen LogP contribution in [0.1, 0.15) is 26.2 Å². The van der Waals surface area contributed by atoms with Crippen LogP contribution in [0.5, 0.6) is 0 Å². The van der Waals surface area contributed by atoms with E-state index in [0.29, 0.717) is 0 Å². The quantitative estimate of drug-likeness (QED) is 0.170. The van der Waals surface area contributed by atoms with Crippen molar-refractivity contribution in [2.24, 2.45) is 11.8 Å². The van der Waals surface area contributed by atoms with Crippen molar-refractivity contribution in [1.29, 1.82) is 0 Å². The van der Waals surface area contributed by atoms with Gasteiger partial charge in [0.15, 0.2) is 0 Å². The normalized spacial score (nSPS) is 32.8. The van der Waals surface area contributed by atoms with Crippen molar-refractivity contribution in [3.63, 3.8) is 0 Å². The lowest BCUT2D eigenvalue weighted by Gasteiger charge is -2.32. The highest BCUT2D eigenvalue weighted by atomic mass is 32.3. The Labute approximate surface area is 151 Å². The Kier molecular flexibility index (Phi) is 8.80. The third-order valence-corrected chi connectivity index (χ3v) is 5.31. The fourth-order valence-corrected chi connectivity index (χ4v) is 3.84. The number of hydrogen-bond donors (Lipinski definition) is 8. The van der Waals surface area contributed by atoms with Crippen molar-refractivity contribution in [1.82, 2.24) is 0 Å². The molecule has 1 aliphatic carbocycles. The summed E-state index contributed by atoms with van der Waals surface area (Å²) in [5, 5.41) is 68.6. The third-order valence-electron chi connectivity index (χ3n) is 4.85. The molecule has 156 valence electrons. The Morgan fingerprint density at radius 3 is 2.12 bits per heavy atom. The van der Waals surface area contributed by atoms with Gasteiger partial charge < -0.3 is 35.7 Å². The maximum atomic E-state index is 11.0. The first kappa shape index (κ1) is 23.6. The van der Waals surface area contributed by atoms with Crippen LogP contribution in [0.2, 0.25) is 0 Å². The summed E-state index contributed by atoms with van der Waals surface area (Å²) in [4.78, 5) is 0. The van der Waals surface area contributed by atoms with E-state index in [1.165, 1.54) is 6.92 Å². The van der Waals surface area contributed by atoms with Crippen LogP contribution >= 0.6 is 0 Å². The molecule has 0 aromatic carbocycles. The smallest absolute Gasteiger partial charge is 0.396 e. The van der Waals surface area contributed by atoms with Crippen LogP contribution in [0.25, 0.3) is 0 Å². The molecule has 12 heteroatoms. The van der Waals surface area contributed by atoms with Gasteiger partial charge in [0, 0.05) is 12.5 Å². The summed E-state index contributed by atoms with van der Waals surface area (Å²) in [5.74, 6) is -1.44. The van der Waals surface area contributed by atoms with Gasteiger partial charge in [-0.3, -0.25) is 4.55 Å². The summed E-state index contributed by atoms with van der Waals surface area (Å²) in [7, 11) is -5.11. The number of aliphatic hydroxyl groups is 7. The molecule has 0 heterocycles. The summed E-state index contributed by atoms with van der Waals surface area (Å²) < 4.78 is 35.2. The summed E-state index contributed by atoms with van der Waals surface area (Å²) in [6.45, 7) is 0.988. The molecule has 1 aliphatic rings. The van der Waals surface area contributed by atoms with E-state index in [2.05, 4.69) is 4.18 Å². The standard InChI is InChI=1S/C14H28O11S/c1-2-8(16)12(20)13(21)14(25-26(22,23)24)10(18)4-6-3-9(17)11(19)7(6)5-15/h6-21H,2-5H2,1H3,(H,22,23,24). The summed E-state index contributed by atoms with van der Waals surface area (Å²) >= 11 is 0. The summed E-state index contributed by atoms with van der Waals surface area (Å²) in [5.41, 5.74) is 0. The summed E-state index contributed by atoms with van der Waals surface area (Å²) in [6.07, 6.45) is -11.8. The van der Waals surface area contributed by atoms with Gasteiger partial charge in [-0.05, 0) is 25.2 Å². The third kappa shape index (κ3) is 6.05. The van der Waals surface area contributed by atoms with Gasteiger partial charge in [0.2, 0.25) is 0 Å². The minimum absolute atomic E-state index is 0.00170. The lowest BCUT2D eigenvalue weighted by atomic mass is 9.87. The second kappa shape index (κ2) is 9.68. The lowest BCUT2D eigenvalue weighted by Crippen LogP contribution is -2.51. The van der Waals surface area contributed by atoms with Crippen LogP contribution in [0.15, 0.2) is 0 Å². The highest BCUT2D eigenvalue weighted by Gasteiger charge is 2.45. The molecule has 9 unspecified atom stereocenters. The van der Waals surface area contributed by atoms with Crippen LogP contribution in [0.3, 0.4) is 0 Å². The number of hydrogen-bond acceptors (Lipinski definition) is 10. The maximum absolute atomic E-state index is 11.0. The molecule has 0 aliphatic heterocycles. The van der Waals surface area contributed by atoms with Crippen molar-refractivity contribution >= 4 is 10.4 Å². The van der Waals surface area contributed by atoms with E-state index in [9.17, 15) is 44.2 Å². The molecular formula is C14H28O11S. The van der Waals surface area contributed by atoms with Crippen molar-refractivity contribution in [2.75, 3.05) is 6.61 Å². The van der Waals surface area contributed by atoms with E-state index < -0.39 is 71.6 Å². The molecule has 1 saturated carbocycles.